The first-order chi connectivity index (χ1) is 4.61. The van der Waals surface area contributed by atoms with E-state index in [4.69, 9.17) is 34.8 Å². The van der Waals surface area contributed by atoms with Gasteiger partial charge in [-0.1, -0.05) is 29.8 Å². The van der Waals surface area contributed by atoms with Crippen LogP contribution in [0.15, 0.2) is 34.4 Å². The van der Waals surface area contributed by atoms with Gasteiger partial charge in [0.25, 0.3) is 0 Å². The molecule has 0 amide bonds. The highest BCUT2D eigenvalue weighted by atomic mass is 35.5. The van der Waals surface area contributed by atoms with Crippen LogP contribution in [-0.4, -0.2) is 5.38 Å². The van der Waals surface area contributed by atoms with Crippen molar-refractivity contribution in [1.82, 2.24) is 0 Å². The molecule has 54 valence electrons. The van der Waals surface area contributed by atoms with Crippen molar-refractivity contribution in [3.8, 4) is 0 Å². The van der Waals surface area contributed by atoms with Gasteiger partial charge in [-0.05, 0) is 17.7 Å². The number of allylic oxidation sites excluding steroid dienone is 5. The van der Waals surface area contributed by atoms with Crippen molar-refractivity contribution < 1.29 is 0 Å². The quantitative estimate of drug-likeness (QED) is 0.520. The van der Waals surface area contributed by atoms with Gasteiger partial charge in [0.2, 0.25) is 0 Å². The third kappa shape index (κ3) is 1.57. The van der Waals surface area contributed by atoms with Gasteiger partial charge >= 0.3 is 0 Å². The van der Waals surface area contributed by atoms with Gasteiger partial charge in [-0.25, -0.2) is 0 Å². The summed E-state index contributed by atoms with van der Waals surface area (Å²) >= 11 is 17.1. The van der Waals surface area contributed by atoms with Crippen molar-refractivity contribution in [1.29, 1.82) is 0 Å². The molecule has 0 nitrogen and oxygen atoms in total. The van der Waals surface area contributed by atoms with E-state index in [0.29, 0.717) is 15.6 Å². The lowest BCUT2D eigenvalue weighted by Gasteiger charge is -2.12. The second-order valence-electron chi connectivity index (χ2n) is 1.97. The van der Waals surface area contributed by atoms with Crippen LogP contribution in [0.2, 0.25) is 0 Å². The molecule has 0 aromatic rings. The molecule has 1 rings (SSSR count). The van der Waals surface area contributed by atoms with Crippen LogP contribution in [-0.2, 0) is 0 Å². The first-order valence-corrected chi connectivity index (χ1v) is 3.88. The summed E-state index contributed by atoms with van der Waals surface area (Å²) in [5.41, 5.74) is 0.702. The summed E-state index contributed by atoms with van der Waals surface area (Å²) in [6.45, 7) is 3.68. The molecule has 0 saturated heterocycles. The van der Waals surface area contributed by atoms with Gasteiger partial charge < -0.3 is 0 Å². The zero-order valence-electron chi connectivity index (χ0n) is 5.07. The van der Waals surface area contributed by atoms with Crippen LogP contribution in [0.1, 0.15) is 0 Å². The summed E-state index contributed by atoms with van der Waals surface area (Å²) in [7, 11) is 0. The van der Waals surface area contributed by atoms with Crippen LogP contribution in [0, 0.1) is 0 Å². The minimum atomic E-state index is -0.259. The molecule has 1 aliphatic carbocycles. The SMILES string of the molecule is C=C1C(Cl)=CC(Cl)=CC1Cl. The molecule has 10 heavy (non-hydrogen) atoms. The Labute approximate surface area is 74.8 Å². The smallest absolute Gasteiger partial charge is 0.0792 e. The van der Waals surface area contributed by atoms with E-state index in [9.17, 15) is 0 Å². The van der Waals surface area contributed by atoms with Crippen molar-refractivity contribution in [2.75, 3.05) is 0 Å². The van der Waals surface area contributed by atoms with E-state index in [1.165, 1.54) is 0 Å². The predicted octanol–water partition coefficient (Wildman–Crippen LogP) is 3.41. The number of halogens is 3. The fourth-order valence-corrected chi connectivity index (χ4v) is 1.53. The topological polar surface area (TPSA) is 0 Å². The van der Waals surface area contributed by atoms with E-state index in [1.54, 1.807) is 12.2 Å². The van der Waals surface area contributed by atoms with E-state index in [-0.39, 0.29) is 5.38 Å². The highest BCUT2D eigenvalue weighted by molar-refractivity contribution is 6.39. The van der Waals surface area contributed by atoms with Gasteiger partial charge in [0, 0.05) is 10.1 Å². The Morgan fingerprint density at radius 2 is 2.00 bits per heavy atom. The molecule has 0 bridgehead atoms. The largest absolute Gasteiger partial charge is 0.113 e. The summed E-state index contributed by atoms with van der Waals surface area (Å²) in [4.78, 5) is 0. The van der Waals surface area contributed by atoms with Crippen LogP contribution < -0.4 is 0 Å². The molecule has 0 aliphatic heterocycles. The Kier molecular flexibility index (Phi) is 2.45. The molecule has 1 unspecified atom stereocenters. The molecule has 0 heterocycles. The third-order valence-corrected chi connectivity index (χ3v) is 2.19. The second-order valence-corrected chi connectivity index (χ2v) is 3.28. The summed E-state index contributed by atoms with van der Waals surface area (Å²) in [6, 6.07) is 0. The molecule has 1 aliphatic rings. The van der Waals surface area contributed by atoms with Crippen molar-refractivity contribution in [2.45, 2.75) is 5.38 Å². The molecule has 0 N–H and O–H groups in total. The van der Waals surface area contributed by atoms with Crippen molar-refractivity contribution in [3.05, 3.63) is 34.4 Å². The van der Waals surface area contributed by atoms with Gasteiger partial charge in [-0.3, -0.25) is 0 Å². The predicted molar refractivity (Wildman–Crippen MR) is 46.7 cm³/mol. The van der Waals surface area contributed by atoms with Crippen LogP contribution >= 0.6 is 34.8 Å². The number of hydrogen-bond acceptors (Lipinski definition) is 0. The molecule has 1 atom stereocenters. The van der Waals surface area contributed by atoms with E-state index >= 15 is 0 Å². The molecule has 0 fully saturated rings. The van der Waals surface area contributed by atoms with E-state index in [2.05, 4.69) is 6.58 Å². The highest BCUT2D eigenvalue weighted by Gasteiger charge is 2.14. The lowest BCUT2D eigenvalue weighted by Crippen LogP contribution is -2.02. The lowest BCUT2D eigenvalue weighted by molar-refractivity contribution is 1.26. The Balaban J connectivity index is 2.95. The zero-order valence-corrected chi connectivity index (χ0v) is 7.34. The monoisotopic (exact) mass is 194 g/mol. The average Bonchev–Trinajstić information content (AvgIpc) is 1.82. The molecule has 0 aromatic carbocycles. The Morgan fingerprint density at radius 3 is 2.50 bits per heavy atom. The normalized spacial score (nSPS) is 25.9. The molecule has 0 aromatic heterocycles. The maximum atomic E-state index is 5.77. The fourth-order valence-electron chi connectivity index (χ4n) is 0.634. The van der Waals surface area contributed by atoms with Gasteiger partial charge in [0.15, 0.2) is 0 Å². The van der Waals surface area contributed by atoms with E-state index in [1.807, 2.05) is 0 Å². The first kappa shape index (κ1) is 8.19. The van der Waals surface area contributed by atoms with Gasteiger partial charge in [-0.15, -0.1) is 11.6 Å². The average molecular weight is 195 g/mol. The standard InChI is InChI=1S/C7H5Cl3/c1-4-6(9)2-5(8)3-7(4)10/h2-3,6H,1H2. The van der Waals surface area contributed by atoms with Gasteiger partial charge in [-0.2, -0.15) is 0 Å². The molecular weight excluding hydrogens is 190 g/mol. The van der Waals surface area contributed by atoms with Crippen molar-refractivity contribution in [3.63, 3.8) is 0 Å². The summed E-state index contributed by atoms with van der Waals surface area (Å²) < 4.78 is 0. The molecule has 0 saturated carbocycles. The Bertz CT molecular complexity index is 225. The minimum Gasteiger partial charge on any atom is -0.113 e. The van der Waals surface area contributed by atoms with Crippen LogP contribution in [0.25, 0.3) is 0 Å². The maximum absolute atomic E-state index is 5.77. The summed E-state index contributed by atoms with van der Waals surface area (Å²) in [5.74, 6) is 0. The van der Waals surface area contributed by atoms with Crippen molar-refractivity contribution in [2.24, 2.45) is 0 Å². The van der Waals surface area contributed by atoms with Crippen molar-refractivity contribution >= 4 is 34.8 Å². The van der Waals surface area contributed by atoms with E-state index < -0.39 is 0 Å². The van der Waals surface area contributed by atoms with Crippen LogP contribution in [0.5, 0.6) is 0 Å². The second kappa shape index (κ2) is 3.00. The molecule has 3 heteroatoms. The first-order valence-electron chi connectivity index (χ1n) is 2.69. The van der Waals surface area contributed by atoms with Crippen LogP contribution in [0.3, 0.4) is 0 Å². The summed E-state index contributed by atoms with van der Waals surface area (Å²) in [6.07, 6.45) is 3.32. The van der Waals surface area contributed by atoms with Crippen LogP contribution in [0.4, 0.5) is 0 Å². The summed E-state index contributed by atoms with van der Waals surface area (Å²) in [5, 5.41) is 0.843. The molecule has 0 radical (unpaired) electrons. The Hall–Kier alpha value is 0.0900. The maximum Gasteiger partial charge on any atom is 0.0792 e. The fraction of sp³-hybridized carbons (Fsp3) is 0.143. The van der Waals surface area contributed by atoms with Gasteiger partial charge in [0.1, 0.15) is 0 Å². The zero-order chi connectivity index (χ0) is 7.72. The number of hydrogen-bond donors (Lipinski definition) is 0. The highest BCUT2D eigenvalue weighted by Crippen LogP contribution is 2.29. The molecule has 0 spiro atoms. The number of rotatable bonds is 0. The van der Waals surface area contributed by atoms with Gasteiger partial charge in [0.05, 0.1) is 5.38 Å². The number of alkyl halides is 1. The Morgan fingerprint density at radius 1 is 1.40 bits per heavy atom. The lowest BCUT2D eigenvalue weighted by atomic mass is 10.1. The minimum absolute atomic E-state index is 0.259. The molecular formula is C7H5Cl3. The third-order valence-electron chi connectivity index (χ3n) is 1.21. The van der Waals surface area contributed by atoms with E-state index in [0.717, 1.165) is 0 Å².